The topological polar surface area (TPSA) is 65.5 Å². The van der Waals surface area contributed by atoms with Gasteiger partial charge in [-0.25, -0.2) is 0 Å². The fraction of sp³-hybridized carbons (Fsp3) is 0.417. The lowest BCUT2D eigenvalue weighted by Gasteiger charge is -2.18. The van der Waals surface area contributed by atoms with Crippen molar-refractivity contribution in [1.82, 2.24) is 16.0 Å². The Kier molecular flexibility index (Phi) is 12.1. The van der Waals surface area contributed by atoms with Gasteiger partial charge in [0.1, 0.15) is 0 Å². The zero-order valence-corrected chi connectivity index (χ0v) is 20.8. The van der Waals surface area contributed by atoms with Crippen LogP contribution in [0, 0.1) is 0 Å². The predicted octanol–water partition coefficient (Wildman–Crippen LogP) is 4.52. The van der Waals surface area contributed by atoms with E-state index >= 15 is 0 Å². The van der Waals surface area contributed by atoms with Crippen molar-refractivity contribution < 1.29 is 4.79 Å². The highest BCUT2D eigenvalue weighted by Crippen LogP contribution is 2.07. The molecule has 5 nitrogen and oxygen atoms in total. The van der Waals surface area contributed by atoms with E-state index in [-0.39, 0.29) is 35.9 Å². The predicted molar refractivity (Wildman–Crippen MR) is 137 cm³/mol. The number of nitrogens with zero attached hydrogens (tertiary/aromatic N) is 1. The first-order chi connectivity index (χ1) is 14.0. The summed E-state index contributed by atoms with van der Waals surface area (Å²) in [5, 5.41) is 9.79. The minimum absolute atomic E-state index is 0. The molecule has 0 aliphatic carbocycles. The van der Waals surface area contributed by atoms with Crippen LogP contribution in [0.15, 0.2) is 59.6 Å². The van der Waals surface area contributed by atoms with Crippen LogP contribution in [-0.2, 0) is 13.0 Å². The second-order valence-electron chi connectivity index (χ2n) is 7.48. The first-order valence-electron chi connectivity index (χ1n) is 10.4. The first kappa shape index (κ1) is 25.9. The molecule has 0 fully saturated rings. The maximum atomic E-state index is 12.3. The van der Waals surface area contributed by atoms with Gasteiger partial charge in [-0.15, -0.1) is 24.0 Å². The minimum Gasteiger partial charge on any atom is -0.354 e. The van der Waals surface area contributed by atoms with Crippen LogP contribution in [-0.4, -0.2) is 31.0 Å². The number of hydrogen-bond donors (Lipinski definition) is 3. The first-order valence-corrected chi connectivity index (χ1v) is 10.4. The van der Waals surface area contributed by atoms with Gasteiger partial charge in [-0.3, -0.25) is 9.79 Å². The number of halogens is 1. The van der Waals surface area contributed by atoms with Gasteiger partial charge < -0.3 is 16.0 Å². The summed E-state index contributed by atoms with van der Waals surface area (Å²) in [7, 11) is 1.77. The maximum Gasteiger partial charge on any atom is 0.251 e. The number of guanidine groups is 1. The lowest BCUT2D eigenvalue weighted by atomic mass is 10.1. The number of hydrogen-bond acceptors (Lipinski definition) is 2. The van der Waals surface area contributed by atoms with Crippen molar-refractivity contribution in [2.75, 3.05) is 7.05 Å². The van der Waals surface area contributed by atoms with Crippen LogP contribution >= 0.6 is 24.0 Å². The van der Waals surface area contributed by atoms with Gasteiger partial charge in [-0.1, -0.05) is 49.4 Å². The van der Waals surface area contributed by atoms with Gasteiger partial charge in [0.05, 0.1) is 0 Å². The van der Waals surface area contributed by atoms with E-state index in [2.05, 4.69) is 59.1 Å². The summed E-state index contributed by atoms with van der Waals surface area (Å²) in [6.45, 7) is 6.84. The molecule has 0 heterocycles. The van der Waals surface area contributed by atoms with E-state index in [1.54, 1.807) is 7.05 Å². The van der Waals surface area contributed by atoms with E-state index in [4.69, 9.17) is 0 Å². The van der Waals surface area contributed by atoms with E-state index in [9.17, 15) is 4.79 Å². The summed E-state index contributed by atoms with van der Waals surface area (Å²) in [4.78, 5) is 16.6. The molecule has 0 aliphatic rings. The Morgan fingerprint density at radius 3 is 2.33 bits per heavy atom. The highest BCUT2D eigenvalue weighted by Gasteiger charge is 2.10. The molecule has 0 radical (unpaired) electrons. The van der Waals surface area contributed by atoms with E-state index in [0.29, 0.717) is 18.2 Å². The van der Waals surface area contributed by atoms with E-state index in [0.717, 1.165) is 30.8 Å². The van der Waals surface area contributed by atoms with Crippen molar-refractivity contribution in [3.8, 4) is 0 Å². The molecule has 0 aromatic heterocycles. The molecule has 30 heavy (non-hydrogen) atoms. The monoisotopic (exact) mass is 522 g/mol. The molecule has 1 amide bonds. The van der Waals surface area contributed by atoms with Gasteiger partial charge in [0, 0.05) is 31.2 Å². The van der Waals surface area contributed by atoms with Crippen molar-refractivity contribution in [2.45, 2.75) is 58.7 Å². The molecule has 2 rings (SSSR count). The summed E-state index contributed by atoms with van der Waals surface area (Å²) in [6.07, 6.45) is 2.97. The van der Waals surface area contributed by atoms with Crippen LogP contribution in [0.3, 0.4) is 0 Å². The molecule has 164 valence electrons. The third-order valence-electron chi connectivity index (χ3n) is 4.95. The molecule has 3 N–H and O–H groups in total. The van der Waals surface area contributed by atoms with Crippen molar-refractivity contribution in [3.63, 3.8) is 0 Å². The summed E-state index contributed by atoms with van der Waals surface area (Å²) in [6, 6.07) is 18.7. The van der Waals surface area contributed by atoms with Crippen LogP contribution in [0.5, 0.6) is 0 Å². The Hall–Kier alpha value is -2.09. The Labute approximate surface area is 198 Å². The number of carbonyl (C=O) groups excluding carboxylic acids is 1. The smallest absolute Gasteiger partial charge is 0.251 e. The Morgan fingerprint density at radius 1 is 0.967 bits per heavy atom. The van der Waals surface area contributed by atoms with Gasteiger partial charge in [0.15, 0.2) is 5.96 Å². The van der Waals surface area contributed by atoms with Crippen molar-refractivity contribution >= 4 is 35.8 Å². The Bertz CT molecular complexity index is 795. The van der Waals surface area contributed by atoms with Crippen LogP contribution in [0.1, 0.15) is 55.1 Å². The molecule has 0 bridgehead atoms. The normalized spacial score (nSPS) is 13.0. The van der Waals surface area contributed by atoms with Gasteiger partial charge in [-0.05, 0) is 56.4 Å². The average Bonchev–Trinajstić information content (AvgIpc) is 2.75. The van der Waals surface area contributed by atoms with Crippen LogP contribution < -0.4 is 16.0 Å². The fourth-order valence-corrected chi connectivity index (χ4v) is 2.95. The largest absolute Gasteiger partial charge is 0.354 e. The second kappa shape index (κ2) is 14.0. The lowest BCUT2D eigenvalue weighted by Crippen LogP contribution is -2.42. The van der Waals surface area contributed by atoms with Crippen molar-refractivity contribution in [1.29, 1.82) is 0 Å². The SMILES string of the molecule is CCC(C)NC(=O)c1cccc(CNC(=NC)NC(C)CCc2ccccc2)c1.I. The number of aliphatic imine (C=N–C) groups is 1. The molecular formula is C24H35IN4O. The number of aryl methyl sites for hydroxylation is 1. The van der Waals surface area contributed by atoms with Crippen LogP contribution in [0.25, 0.3) is 0 Å². The van der Waals surface area contributed by atoms with Gasteiger partial charge in [0.25, 0.3) is 5.91 Å². The lowest BCUT2D eigenvalue weighted by molar-refractivity contribution is 0.0939. The molecule has 0 spiro atoms. The Balaban J connectivity index is 0.00000450. The van der Waals surface area contributed by atoms with Crippen LogP contribution in [0.4, 0.5) is 0 Å². The third-order valence-corrected chi connectivity index (χ3v) is 4.95. The average molecular weight is 522 g/mol. The van der Waals surface area contributed by atoms with E-state index in [1.165, 1.54) is 5.56 Å². The highest BCUT2D eigenvalue weighted by molar-refractivity contribution is 14.0. The van der Waals surface area contributed by atoms with Crippen LogP contribution in [0.2, 0.25) is 0 Å². The molecule has 2 unspecified atom stereocenters. The fourth-order valence-electron chi connectivity index (χ4n) is 2.95. The van der Waals surface area contributed by atoms with Gasteiger partial charge in [0.2, 0.25) is 0 Å². The number of amides is 1. The summed E-state index contributed by atoms with van der Waals surface area (Å²) in [5.74, 6) is 0.735. The van der Waals surface area contributed by atoms with Gasteiger partial charge >= 0.3 is 0 Å². The number of benzene rings is 2. The molecule has 2 aromatic carbocycles. The standard InChI is InChI=1S/C24H34N4O.HI/c1-5-18(2)27-23(29)22-13-9-12-21(16-22)17-26-24(25-4)28-19(3)14-15-20-10-7-6-8-11-20;/h6-13,16,18-19H,5,14-15,17H2,1-4H3,(H,27,29)(H2,25,26,28);1H. The van der Waals surface area contributed by atoms with Crippen molar-refractivity contribution in [2.24, 2.45) is 4.99 Å². The summed E-state index contributed by atoms with van der Waals surface area (Å²) >= 11 is 0. The second-order valence-corrected chi connectivity index (χ2v) is 7.48. The number of nitrogens with one attached hydrogen (secondary N) is 3. The molecule has 0 saturated carbocycles. The molecule has 2 aromatic rings. The molecule has 6 heteroatoms. The summed E-state index contributed by atoms with van der Waals surface area (Å²) < 4.78 is 0. The number of carbonyl (C=O) groups is 1. The van der Waals surface area contributed by atoms with Gasteiger partial charge in [-0.2, -0.15) is 0 Å². The zero-order valence-electron chi connectivity index (χ0n) is 18.4. The molecular weight excluding hydrogens is 487 g/mol. The zero-order chi connectivity index (χ0) is 21.1. The summed E-state index contributed by atoms with van der Waals surface area (Å²) in [5.41, 5.74) is 3.07. The maximum absolute atomic E-state index is 12.3. The van der Waals surface area contributed by atoms with Crippen molar-refractivity contribution in [3.05, 3.63) is 71.3 Å². The third kappa shape index (κ3) is 9.15. The minimum atomic E-state index is -0.0294. The van der Waals surface area contributed by atoms with E-state index in [1.807, 2.05) is 37.3 Å². The highest BCUT2D eigenvalue weighted by atomic mass is 127. The number of rotatable bonds is 9. The molecule has 0 aliphatic heterocycles. The van der Waals surface area contributed by atoms with E-state index < -0.39 is 0 Å². The molecule has 0 saturated heterocycles. The quantitative estimate of drug-likeness (QED) is 0.258. The Morgan fingerprint density at radius 2 is 1.67 bits per heavy atom. The molecule has 2 atom stereocenters.